The minimum absolute atomic E-state index is 0.0411. The number of carbonyl (C=O) groups is 2. The van der Waals surface area contributed by atoms with Crippen LogP contribution in [-0.4, -0.2) is 92.6 Å². The molecule has 8 nitrogen and oxygen atoms in total. The summed E-state index contributed by atoms with van der Waals surface area (Å²) in [7, 11) is 3.42. The molecule has 0 aliphatic carbocycles. The molecule has 0 saturated carbocycles. The van der Waals surface area contributed by atoms with Gasteiger partial charge in [-0.1, -0.05) is 0 Å². The summed E-state index contributed by atoms with van der Waals surface area (Å²) in [6, 6.07) is 0. The number of hydrogen-bond acceptors (Lipinski definition) is 4. The maximum atomic E-state index is 11.7. The number of nitrogens with zero attached hydrogens (tertiary/aromatic N) is 4. The van der Waals surface area contributed by atoms with E-state index >= 15 is 0 Å². The van der Waals surface area contributed by atoms with E-state index in [0.29, 0.717) is 38.7 Å². The van der Waals surface area contributed by atoms with Crippen LogP contribution in [0.4, 0.5) is 4.79 Å². The Balaban J connectivity index is 2.58. The van der Waals surface area contributed by atoms with E-state index in [9.17, 15) is 9.59 Å². The van der Waals surface area contributed by atoms with Gasteiger partial charge in [0.2, 0.25) is 5.91 Å². The number of carbonyl (C=O) groups excluding carboxylic acids is 2. The predicted molar refractivity (Wildman–Crippen MR) is 84.8 cm³/mol. The van der Waals surface area contributed by atoms with Gasteiger partial charge in [-0.15, -0.1) is 0 Å². The third-order valence-electron chi connectivity index (χ3n) is 3.30. The second-order valence-corrected chi connectivity index (χ2v) is 5.13. The highest BCUT2D eigenvalue weighted by atomic mass is 16.6. The van der Waals surface area contributed by atoms with Crippen molar-refractivity contribution in [1.82, 2.24) is 20.0 Å². The lowest BCUT2D eigenvalue weighted by molar-refractivity contribution is -0.127. The standard InChI is InChI=1S/C14H27N5O3/c1-5-15-13(16-11-12(20)17(3)4)18-7-9-19(10-8-18)14(21)22-6-2/h5-11H2,1-4H3,(H,15,16). The fraction of sp³-hybridized carbons (Fsp3) is 0.786. The second kappa shape index (κ2) is 9.11. The van der Waals surface area contributed by atoms with Gasteiger partial charge < -0.3 is 24.8 Å². The van der Waals surface area contributed by atoms with E-state index in [-0.39, 0.29) is 18.5 Å². The number of piperazine rings is 1. The monoisotopic (exact) mass is 313 g/mol. The molecule has 0 aromatic rings. The van der Waals surface area contributed by atoms with Crippen molar-refractivity contribution in [1.29, 1.82) is 0 Å². The molecule has 126 valence electrons. The summed E-state index contributed by atoms with van der Waals surface area (Å²) in [5, 5.41) is 3.19. The molecule has 0 atom stereocenters. The zero-order chi connectivity index (χ0) is 16.5. The summed E-state index contributed by atoms with van der Waals surface area (Å²) < 4.78 is 5.00. The average Bonchev–Trinajstić information content (AvgIpc) is 2.51. The second-order valence-electron chi connectivity index (χ2n) is 5.13. The summed E-state index contributed by atoms with van der Waals surface area (Å²) in [5.74, 6) is 0.668. The summed E-state index contributed by atoms with van der Waals surface area (Å²) >= 11 is 0. The summed E-state index contributed by atoms with van der Waals surface area (Å²) in [5.41, 5.74) is 0. The number of nitrogens with one attached hydrogen (secondary N) is 1. The van der Waals surface area contributed by atoms with Crippen LogP contribution in [0.25, 0.3) is 0 Å². The molecule has 1 aliphatic rings. The van der Waals surface area contributed by atoms with Crippen molar-refractivity contribution in [3.8, 4) is 0 Å². The van der Waals surface area contributed by atoms with Crippen molar-refractivity contribution in [3.63, 3.8) is 0 Å². The van der Waals surface area contributed by atoms with Crippen molar-refractivity contribution in [3.05, 3.63) is 0 Å². The summed E-state index contributed by atoms with van der Waals surface area (Å²) in [6.07, 6.45) is -0.271. The molecule has 22 heavy (non-hydrogen) atoms. The quantitative estimate of drug-likeness (QED) is 0.575. The van der Waals surface area contributed by atoms with Crippen LogP contribution in [0.15, 0.2) is 4.99 Å². The molecule has 0 unspecified atom stereocenters. The molecule has 1 aliphatic heterocycles. The van der Waals surface area contributed by atoms with Crippen molar-refractivity contribution in [2.24, 2.45) is 4.99 Å². The Morgan fingerprint density at radius 3 is 2.23 bits per heavy atom. The topological polar surface area (TPSA) is 77.5 Å². The Bertz CT molecular complexity index is 403. The number of aliphatic imine (C=N–C) groups is 1. The molecule has 0 spiro atoms. The van der Waals surface area contributed by atoms with E-state index in [4.69, 9.17) is 4.74 Å². The Kier molecular flexibility index (Phi) is 7.48. The Morgan fingerprint density at radius 2 is 1.73 bits per heavy atom. The van der Waals surface area contributed by atoms with Gasteiger partial charge in [-0.3, -0.25) is 4.79 Å². The first-order valence-corrected chi connectivity index (χ1v) is 7.64. The van der Waals surface area contributed by atoms with Gasteiger partial charge in [0, 0.05) is 46.8 Å². The minimum atomic E-state index is -0.271. The highest BCUT2D eigenvalue weighted by molar-refractivity contribution is 5.85. The van der Waals surface area contributed by atoms with Gasteiger partial charge in [0.1, 0.15) is 6.54 Å². The average molecular weight is 313 g/mol. The van der Waals surface area contributed by atoms with Gasteiger partial charge in [0.15, 0.2) is 5.96 Å². The molecular formula is C14H27N5O3. The lowest BCUT2D eigenvalue weighted by atomic mass is 10.3. The highest BCUT2D eigenvalue weighted by Gasteiger charge is 2.23. The number of hydrogen-bond donors (Lipinski definition) is 1. The van der Waals surface area contributed by atoms with Gasteiger partial charge in [-0.05, 0) is 13.8 Å². The molecule has 1 fully saturated rings. The molecule has 1 N–H and O–H groups in total. The zero-order valence-corrected chi connectivity index (χ0v) is 14.0. The third-order valence-corrected chi connectivity index (χ3v) is 3.30. The molecule has 1 rings (SSSR count). The molecular weight excluding hydrogens is 286 g/mol. The number of rotatable bonds is 4. The van der Waals surface area contributed by atoms with Gasteiger partial charge in [-0.25, -0.2) is 9.79 Å². The molecule has 0 bridgehead atoms. The Morgan fingerprint density at radius 1 is 1.14 bits per heavy atom. The van der Waals surface area contributed by atoms with Crippen LogP contribution in [0.2, 0.25) is 0 Å². The van der Waals surface area contributed by atoms with E-state index in [0.717, 1.165) is 6.54 Å². The largest absolute Gasteiger partial charge is 0.450 e. The fourth-order valence-electron chi connectivity index (χ4n) is 2.03. The highest BCUT2D eigenvalue weighted by Crippen LogP contribution is 2.04. The molecule has 1 saturated heterocycles. The fourth-order valence-corrected chi connectivity index (χ4v) is 2.03. The van der Waals surface area contributed by atoms with Gasteiger partial charge in [0.25, 0.3) is 0 Å². The Labute approximate surface area is 132 Å². The number of amides is 2. The molecule has 0 radical (unpaired) electrons. The van der Waals surface area contributed by atoms with E-state index in [1.54, 1.807) is 25.9 Å². The number of likely N-dealkylation sites (N-methyl/N-ethyl adjacent to an activating group) is 1. The first kappa shape index (κ1) is 18.1. The lowest BCUT2D eigenvalue weighted by Gasteiger charge is -2.35. The van der Waals surface area contributed by atoms with Crippen LogP contribution < -0.4 is 5.32 Å². The van der Waals surface area contributed by atoms with Crippen molar-refractivity contribution < 1.29 is 14.3 Å². The maximum absolute atomic E-state index is 11.7. The zero-order valence-electron chi connectivity index (χ0n) is 14.0. The number of guanidine groups is 1. The summed E-state index contributed by atoms with van der Waals surface area (Å²) in [4.78, 5) is 33.0. The van der Waals surface area contributed by atoms with Crippen LogP contribution in [-0.2, 0) is 9.53 Å². The third kappa shape index (κ3) is 5.42. The molecule has 8 heteroatoms. The van der Waals surface area contributed by atoms with E-state index in [1.165, 1.54) is 4.90 Å². The SMILES string of the molecule is CCNC(=NCC(=O)N(C)C)N1CCN(C(=O)OCC)CC1. The lowest BCUT2D eigenvalue weighted by Crippen LogP contribution is -2.54. The van der Waals surface area contributed by atoms with Gasteiger partial charge >= 0.3 is 6.09 Å². The minimum Gasteiger partial charge on any atom is -0.450 e. The molecule has 0 aromatic carbocycles. The smallest absolute Gasteiger partial charge is 0.409 e. The van der Waals surface area contributed by atoms with Crippen LogP contribution >= 0.6 is 0 Å². The first-order chi connectivity index (χ1) is 10.5. The predicted octanol–water partition coefficient (Wildman–Crippen LogP) is -0.186. The van der Waals surface area contributed by atoms with Gasteiger partial charge in [0.05, 0.1) is 6.61 Å². The molecule has 0 aromatic heterocycles. The summed E-state index contributed by atoms with van der Waals surface area (Å²) in [6.45, 7) is 7.53. The Hall–Kier alpha value is -1.99. The van der Waals surface area contributed by atoms with Crippen LogP contribution in [0.5, 0.6) is 0 Å². The van der Waals surface area contributed by atoms with E-state index < -0.39 is 0 Å². The van der Waals surface area contributed by atoms with Crippen LogP contribution in [0, 0.1) is 0 Å². The van der Waals surface area contributed by atoms with E-state index in [2.05, 4.69) is 15.2 Å². The van der Waals surface area contributed by atoms with Crippen LogP contribution in [0.1, 0.15) is 13.8 Å². The normalized spacial score (nSPS) is 15.5. The van der Waals surface area contributed by atoms with Crippen molar-refractivity contribution >= 4 is 18.0 Å². The van der Waals surface area contributed by atoms with Crippen LogP contribution in [0.3, 0.4) is 0 Å². The number of ether oxygens (including phenoxy) is 1. The van der Waals surface area contributed by atoms with Crippen molar-refractivity contribution in [2.75, 3.05) is 60.0 Å². The first-order valence-electron chi connectivity index (χ1n) is 7.64. The molecule has 2 amide bonds. The maximum Gasteiger partial charge on any atom is 0.409 e. The van der Waals surface area contributed by atoms with Gasteiger partial charge in [-0.2, -0.15) is 0 Å². The molecule has 1 heterocycles. The van der Waals surface area contributed by atoms with Crippen molar-refractivity contribution in [2.45, 2.75) is 13.8 Å². The van der Waals surface area contributed by atoms with E-state index in [1.807, 2.05) is 6.92 Å².